The number of hydrogen-bond acceptors (Lipinski definition) is 5. The molecule has 1 aliphatic heterocycles. The second-order valence-electron chi connectivity index (χ2n) is 5.51. The van der Waals surface area contributed by atoms with Crippen LogP contribution in [0.15, 0.2) is 24.3 Å². The largest absolute Gasteiger partial charge is 0.339 e. The third-order valence-corrected chi connectivity index (χ3v) is 4.57. The Morgan fingerprint density at radius 1 is 1.17 bits per heavy atom. The van der Waals surface area contributed by atoms with Crippen molar-refractivity contribution in [1.29, 1.82) is 0 Å². The van der Waals surface area contributed by atoms with Gasteiger partial charge in [-0.2, -0.15) is 0 Å². The zero-order valence-corrected chi connectivity index (χ0v) is 13.7. The van der Waals surface area contributed by atoms with Gasteiger partial charge in [0.2, 0.25) is 5.01 Å². The zero-order valence-electron chi connectivity index (χ0n) is 12.9. The molecule has 3 rings (SSSR count). The third-order valence-electron chi connectivity index (χ3n) is 3.73. The highest BCUT2D eigenvalue weighted by molar-refractivity contribution is 7.13. The molecule has 1 aromatic carbocycles. The Balaban J connectivity index is 1.71. The average molecular weight is 330 g/mol. The standard InChI is InChI=1S/C16H18N4O2S/c1-11-18-19-15(23-11)14(21)17-13-7-5-6-12(10-13)16(22)20-8-3-2-4-9-20/h5-7,10H,2-4,8-9H2,1H3,(H,17,21). The molecular weight excluding hydrogens is 312 g/mol. The smallest absolute Gasteiger partial charge is 0.286 e. The van der Waals surface area contributed by atoms with Gasteiger partial charge in [0.1, 0.15) is 5.01 Å². The number of carbonyl (C=O) groups is 2. The molecular formula is C16H18N4O2S. The first-order chi connectivity index (χ1) is 11.1. The fourth-order valence-electron chi connectivity index (χ4n) is 2.58. The molecule has 2 aromatic rings. The van der Waals surface area contributed by atoms with Gasteiger partial charge in [-0.05, 0) is 44.4 Å². The lowest BCUT2D eigenvalue weighted by atomic mass is 10.1. The van der Waals surface area contributed by atoms with Crippen molar-refractivity contribution in [3.63, 3.8) is 0 Å². The summed E-state index contributed by atoms with van der Waals surface area (Å²) in [4.78, 5) is 26.5. The molecule has 2 heterocycles. The number of likely N-dealkylation sites (tertiary alicyclic amines) is 1. The number of amides is 2. The summed E-state index contributed by atoms with van der Waals surface area (Å²) in [5.74, 6) is -0.286. The summed E-state index contributed by atoms with van der Waals surface area (Å²) in [6.07, 6.45) is 3.29. The molecule has 1 saturated heterocycles. The number of nitrogens with one attached hydrogen (secondary N) is 1. The Morgan fingerprint density at radius 3 is 2.65 bits per heavy atom. The summed E-state index contributed by atoms with van der Waals surface area (Å²) in [5, 5.41) is 11.5. The normalized spacial score (nSPS) is 14.6. The van der Waals surface area contributed by atoms with Gasteiger partial charge < -0.3 is 10.2 Å². The van der Waals surface area contributed by atoms with E-state index in [2.05, 4.69) is 15.5 Å². The minimum atomic E-state index is -0.307. The minimum absolute atomic E-state index is 0.0209. The van der Waals surface area contributed by atoms with Crippen LogP contribution < -0.4 is 5.32 Å². The Hall–Kier alpha value is -2.28. The van der Waals surface area contributed by atoms with Crippen LogP contribution in [0.5, 0.6) is 0 Å². The quantitative estimate of drug-likeness (QED) is 0.939. The molecule has 1 aliphatic rings. The predicted molar refractivity (Wildman–Crippen MR) is 88.8 cm³/mol. The monoisotopic (exact) mass is 330 g/mol. The number of carbonyl (C=O) groups excluding carboxylic acids is 2. The summed E-state index contributed by atoms with van der Waals surface area (Å²) in [6, 6.07) is 7.03. The van der Waals surface area contributed by atoms with Gasteiger partial charge in [-0.1, -0.05) is 17.4 Å². The highest BCUT2D eigenvalue weighted by Gasteiger charge is 2.19. The van der Waals surface area contributed by atoms with Crippen LogP contribution in [-0.4, -0.2) is 40.0 Å². The lowest BCUT2D eigenvalue weighted by Gasteiger charge is -2.26. The summed E-state index contributed by atoms with van der Waals surface area (Å²) >= 11 is 1.24. The van der Waals surface area contributed by atoms with Gasteiger partial charge in [0.15, 0.2) is 0 Å². The number of hydrogen-bond donors (Lipinski definition) is 1. The van der Waals surface area contributed by atoms with Crippen molar-refractivity contribution in [3.8, 4) is 0 Å². The summed E-state index contributed by atoms with van der Waals surface area (Å²) in [7, 11) is 0. The van der Waals surface area contributed by atoms with Crippen LogP contribution in [-0.2, 0) is 0 Å². The van der Waals surface area contributed by atoms with Crippen LogP contribution in [0, 0.1) is 6.92 Å². The lowest BCUT2D eigenvalue weighted by molar-refractivity contribution is 0.0724. The van der Waals surface area contributed by atoms with E-state index in [9.17, 15) is 9.59 Å². The molecule has 1 fully saturated rings. The van der Waals surface area contributed by atoms with Gasteiger partial charge in [-0.3, -0.25) is 9.59 Å². The first kappa shape index (κ1) is 15.6. The second kappa shape index (κ2) is 6.87. The van der Waals surface area contributed by atoms with E-state index >= 15 is 0 Å². The first-order valence-electron chi connectivity index (χ1n) is 7.64. The molecule has 0 unspecified atom stereocenters. The molecule has 1 N–H and O–H groups in total. The number of benzene rings is 1. The Bertz CT molecular complexity index is 722. The van der Waals surface area contributed by atoms with Crippen molar-refractivity contribution in [3.05, 3.63) is 39.8 Å². The van der Waals surface area contributed by atoms with E-state index in [1.165, 1.54) is 17.8 Å². The summed E-state index contributed by atoms with van der Waals surface area (Å²) < 4.78 is 0. The van der Waals surface area contributed by atoms with Crippen LogP contribution in [0.4, 0.5) is 5.69 Å². The Labute approximate surface area is 138 Å². The maximum absolute atomic E-state index is 12.5. The molecule has 23 heavy (non-hydrogen) atoms. The average Bonchev–Trinajstić information content (AvgIpc) is 3.02. The van der Waals surface area contributed by atoms with Crippen LogP contribution >= 0.6 is 11.3 Å². The van der Waals surface area contributed by atoms with E-state index < -0.39 is 0 Å². The number of aryl methyl sites for hydroxylation is 1. The topological polar surface area (TPSA) is 75.2 Å². The molecule has 120 valence electrons. The van der Waals surface area contributed by atoms with E-state index in [1.807, 2.05) is 4.90 Å². The van der Waals surface area contributed by atoms with Crippen molar-refractivity contribution >= 4 is 28.8 Å². The van der Waals surface area contributed by atoms with Gasteiger partial charge in [-0.15, -0.1) is 10.2 Å². The summed E-state index contributed by atoms with van der Waals surface area (Å²) in [6.45, 7) is 3.41. The number of nitrogens with zero attached hydrogens (tertiary/aromatic N) is 3. The van der Waals surface area contributed by atoms with Crippen molar-refractivity contribution in [2.24, 2.45) is 0 Å². The number of anilines is 1. The molecule has 0 aliphatic carbocycles. The van der Waals surface area contributed by atoms with Crippen LogP contribution in [0.25, 0.3) is 0 Å². The minimum Gasteiger partial charge on any atom is -0.339 e. The second-order valence-corrected chi connectivity index (χ2v) is 6.70. The fourth-order valence-corrected chi connectivity index (χ4v) is 3.17. The van der Waals surface area contributed by atoms with Gasteiger partial charge in [0.25, 0.3) is 11.8 Å². The Kier molecular flexibility index (Phi) is 4.66. The van der Waals surface area contributed by atoms with E-state index in [0.29, 0.717) is 16.3 Å². The molecule has 0 spiro atoms. The number of piperidine rings is 1. The fraction of sp³-hybridized carbons (Fsp3) is 0.375. The molecule has 2 amide bonds. The van der Waals surface area contributed by atoms with Gasteiger partial charge in [0, 0.05) is 24.3 Å². The van der Waals surface area contributed by atoms with E-state index in [4.69, 9.17) is 0 Å². The van der Waals surface area contributed by atoms with Gasteiger partial charge in [-0.25, -0.2) is 0 Å². The molecule has 7 heteroatoms. The molecule has 6 nitrogen and oxygen atoms in total. The molecule has 0 saturated carbocycles. The first-order valence-corrected chi connectivity index (χ1v) is 8.46. The van der Waals surface area contributed by atoms with Crippen molar-refractivity contribution in [2.45, 2.75) is 26.2 Å². The van der Waals surface area contributed by atoms with Crippen molar-refractivity contribution in [2.75, 3.05) is 18.4 Å². The molecule has 1 aromatic heterocycles. The van der Waals surface area contributed by atoms with E-state index in [-0.39, 0.29) is 11.8 Å². The maximum atomic E-state index is 12.5. The molecule has 0 radical (unpaired) electrons. The van der Waals surface area contributed by atoms with Gasteiger partial charge >= 0.3 is 0 Å². The van der Waals surface area contributed by atoms with Crippen LogP contribution in [0.1, 0.15) is 44.4 Å². The van der Waals surface area contributed by atoms with Crippen LogP contribution in [0.3, 0.4) is 0 Å². The summed E-state index contributed by atoms with van der Waals surface area (Å²) in [5.41, 5.74) is 1.18. The molecule has 0 bridgehead atoms. The van der Waals surface area contributed by atoms with Crippen molar-refractivity contribution < 1.29 is 9.59 Å². The van der Waals surface area contributed by atoms with E-state index in [0.717, 1.165) is 30.9 Å². The number of rotatable bonds is 3. The zero-order chi connectivity index (χ0) is 16.2. The third kappa shape index (κ3) is 3.73. The number of aromatic nitrogens is 2. The predicted octanol–water partition coefficient (Wildman–Crippen LogP) is 2.72. The Morgan fingerprint density at radius 2 is 1.96 bits per heavy atom. The maximum Gasteiger partial charge on any atom is 0.286 e. The van der Waals surface area contributed by atoms with Crippen molar-refractivity contribution in [1.82, 2.24) is 15.1 Å². The van der Waals surface area contributed by atoms with Gasteiger partial charge in [0.05, 0.1) is 0 Å². The highest BCUT2D eigenvalue weighted by Crippen LogP contribution is 2.17. The van der Waals surface area contributed by atoms with E-state index in [1.54, 1.807) is 31.2 Å². The highest BCUT2D eigenvalue weighted by atomic mass is 32.1. The SMILES string of the molecule is Cc1nnc(C(=O)Nc2cccc(C(=O)N3CCCCC3)c2)s1. The van der Waals surface area contributed by atoms with Crippen LogP contribution in [0.2, 0.25) is 0 Å². The lowest BCUT2D eigenvalue weighted by Crippen LogP contribution is -2.35. The molecule has 0 atom stereocenters.